The third-order valence-electron chi connectivity index (χ3n) is 5.37. The fourth-order valence-electron chi connectivity index (χ4n) is 3.75. The predicted molar refractivity (Wildman–Crippen MR) is 117 cm³/mol. The van der Waals surface area contributed by atoms with Gasteiger partial charge in [0.15, 0.2) is 0 Å². The van der Waals surface area contributed by atoms with E-state index in [1.165, 1.54) is 5.56 Å². The Bertz CT molecular complexity index is 700. The molecule has 0 amide bonds. The maximum atomic E-state index is 12.8. The van der Waals surface area contributed by atoms with Gasteiger partial charge in [-0.15, -0.1) is 17.0 Å². The molecule has 0 N–H and O–H groups in total. The fourth-order valence-corrected chi connectivity index (χ4v) is 3.75. The van der Waals surface area contributed by atoms with Crippen LogP contribution in [0, 0.1) is 0 Å². The molecule has 1 fully saturated rings. The Morgan fingerprint density at radius 2 is 1.61 bits per heavy atom. The maximum absolute atomic E-state index is 12.8. The number of piperidine rings is 1. The van der Waals surface area contributed by atoms with Crippen LogP contribution >= 0.6 is 17.0 Å². The Morgan fingerprint density at radius 1 is 1.00 bits per heavy atom. The second-order valence-corrected chi connectivity index (χ2v) is 7.05. The Labute approximate surface area is 178 Å². The third-order valence-corrected chi connectivity index (χ3v) is 5.37. The zero-order valence-corrected chi connectivity index (χ0v) is 18.2. The van der Waals surface area contributed by atoms with E-state index in [2.05, 4.69) is 29.2 Å². The van der Waals surface area contributed by atoms with E-state index in [-0.39, 0.29) is 23.0 Å². The molecule has 2 aromatic rings. The lowest BCUT2D eigenvalue weighted by atomic mass is 9.72. The van der Waals surface area contributed by atoms with Crippen LogP contribution < -0.4 is 0 Å². The third kappa shape index (κ3) is 5.66. The van der Waals surface area contributed by atoms with Crippen LogP contribution in [0.25, 0.3) is 0 Å². The lowest BCUT2D eigenvalue weighted by molar-refractivity contribution is -0.152. The van der Waals surface area contributed by atoms with Crippen LogP contribution in [0.3, 0.4) is 0 Å². The topological polar surface area (TPSA) is 38.8 Å². The summed E-state index contributed by atoms with van der Waals surface area (Å²) in [5.74, 6) is -0.0869. The summed E-state index contributed by atoms with van der Waals surface area (Å²) in [7, 11) is 0. The molecule has 4 nitrogen and oxygen atoms in total. The molecule has 0 saturated carbocycles. The highest BCUT2D eigenvalue weighted by Crippen LogP contribution is 2.36. The highest BCUT2D eigenvalue weighted by atomic mass is 79.9. The monoisotopic (exact) mass is 447 g/mol. The first-order valence-corrected chi connectivity index (χ1v) is 9.81. The molecule has 1 aliphatic heterocycles. The van der Waals surface area contributed by atoms with Crippen LogP contribution in [0.2, 0.25) is 0 Å². The minimum Gasteiger partial charge on any atom is -0.465 e. The van der Waals surface area contributed by atoms with Gasteiger partial charge in [-0.25, -0.2) is 0 Å². The standard InChI is InChI=1S/C23H29NO3.BrH/c1-2-27-22(25)23(21-11-7-4-8-12-21)13-15-24(16-14-23)17-18-26-19-20-9-5-3-6-10-20;/h3-12H,2,13-19H2,1H3;1H. The van der Waals surface area contributed by atoms with Crippen molar-refractivity contribution in [2.75, 3.05) is 32.8 Å². The SMILES string of the molecule is Br.CCOC(=O)C1(c2ccccc2)CCN(CCOCc2ccccc2)CC1. The molecule has 3 rings (SSSR count). The highest BCUT2D eigenvalue weighted by Gasteiger charge is 2.44. The summed E-state index contributed by atoms with van der Waals surface area (Å²) in [6, 6.07) is 20.3. The van der Waals surface area contributed by atoms with Crippen molar-refractivity contribution in [3.05, 3.63) is 71.8 Å². The van der Waals surface area contributed by atoms with E-state index in [1.54, 1.807) is 0 Å². The van der Waals surface area contributed by atoms with Crippen LogP contribution in [0.5, 0.6) is 0 Å². The Balaban J connectivity index is 0.00000280. The summed E-state index contributed by atoms with van der Waals surface area (Å²) in [4.78, 5) is 15.2. The van der Waals surface area contributed by atoms with E-state index < -0.39 is 5.41 Å². The average molecular weight is 448 g/mol. The number of nitrogens with zero attached hydrogens (tertiary/aromatic N) is 1. The summed E-state index contributed by atoms with van der Waals surface area (Å²) in [5, 5.41) is 0. The molecule has 1 heterocycles. The van der Waals surface area contributed by atoms with Gasteiger partial charge < -0.3 is 14.4 Å². The van der Waals surface area contributed by atoms with E-state index in [9.17, 15) is 4.79 Å². The molecule has 0 aliphatic carbocycles. The van der Waals surface area contributed by atoms with E-state index in [4.69, 9.17) is 9.47 Å². The molecule has 28 heavy (non-hydrogen) atoms. The molecule has 0 bridgehead atoms. The van der Waals surface area contributed by atoms with Crippen molar-refractivity contribution in [2.24, 2.45) is 0 Å². The smallest absolute Gasteiger partial charge is 0.316 e. The average Bonchev–Trinajstić information content (AvgIpc) is 2.73. The van der Waals surface area contributed by atoms with Gasteiger partial charge in [-0.05, 0) is 44.0 Å². The fraction of sp³-hybridized carbons (Fsp3) is 0.435. The molecular weight excluding hydrogens is 418 g/mol. The van der Waals surface area contributed by atoms with Crippen molar-refractivity contribution in [1.82, 2.24) is 4.90 Å². The number of carbonyl (C=O) groups is 1. The van der Waals surface area contributed by atoms with Crippen LogP contribution in [0.15, 0.2) is 60.7 Å². The van der Waals surface area contributed by atoms with Gasteiger partial charge in [0.05, 0.1) is 25.2 Å². The van der Waals surface area contributed by atoms with Crippen LogP contribution in [-0.4, -0.2) is 43.7 Å². The minimum atomic E-state index is -0.515. The highest BCUT2D eigenvalue weighted by molar-refractivity contribution is 8.93. The summed E-state index contributed by atoms with van der Waals surface area (Å²) in [6.45, 7) is 6.28. The van der Waals surface area contributed by atoms with E-state index in [0.717, 1.165) is 38.0 Å². The first-order valence-electron chi connectivity index (χ1n) is 9.81. The number of likely N-dealkylation sites (tertiary alicyclic amines) is 1. The van der Waals surface area contributed by atoms with Crippen molar-refractivity contribution in [3.8, 4) is 0 Å². The first-order chi connectivity index (χ1) is 13.2. The lowest BCUT2D eigenvalue weighted by Crippen LogP contribution is -2.48. The molecular formula is C23H30BrNO3. The van der Waals surface area contributed by atoms with Gasteiger partial charge in [0.25, 0.3) is 0 Å². The molecule has 0 radical (unpaired) electrons. The van der Waals surface area contributed by atoms with Crippen molar-refractivity contribution in [3.63, 3.8) is 0 Å². The lowest BCUT2D eigenvalue weighted by Gasteiger charge is -2.40. The summed E-state index contributed by atoms with van der Waals surface area (Å²) < 4.78 is 11.3. The Kier molecular flexibility index (Phi) is 9.16. The van der Waals surface area contributed by atoms with Gasteiger partial charge in [0.1, 0.15) is 0 Å². The summed E-state index contributed by atoms with van der Waals surface area (Å²) in [5.41, 5.74) is 1.75. The molecule has 1 saturated heterocycles. The van der Waals surface area contributed by atoms with Gasteiger partial charge >= 0.3 is 5.97 Å². The molecule has 1 aliphatic rings. The number of carbonyl (C=O) groups excluding carboxylic acids is 1. The van der Waals surface area contributed by atoms with Crippen LogP contribution in [0.1, 0.15) is 30.9 Å². The molecule has 5 heteroatoms. The number of halogens is 1. The number of ether oxygens (including phenoxy) is 2. The quantitative estimate of drug-likeness (QED) is 0.444. The van der Waals surface area contributed by atoms with Crippen molar-refractivity contribution in [1.29, 1.82) is 0 Å². The molecule has 0 aromatic heterocycles. The molecule has 0 atom stereocenters. The zero-order chi connectivity index (χ0) is 19.0. The normalized spacial score (nSPS) is 16.2. The molecule has 0 unspecified atom stereocenters. The minimum absolute atomic E-state index is 0. The number of esters is 1. The van der Waals surface area contributed by atoms with Crippen LogP contribution in [0.4, 0.5) is 0 Å². The van der Waals surface area contributed by atoms with E-state index in [0.29, 0.717) is 19.8 Å². The Hall–Kier alpha value is -1.69. The number of rotatable bonds is 8. The zero-order valence-electron chi connectivity index (χ0n) is 16.5. The van der Waals surface area contributed by atoms with E-state index in [1.807, 2.05) is 43.3 Å². The summed E-state index contributed by atoms with van der Waals surface area (Å²) in [6.07, 6.45) is 1.57. The largest absolute Gasteiger partial charge is 0.465 e. The van der Waals surface area contributed by atoms with Crippen LogP contribution in [-0.2, 0) is 26.3 Å². The number of hydrogen-bond acceptors (Lipinski definition) is 4. The number of hydrogen-bond donors (Lipinski definition) is 0. The van der Waals surface area contributed by atoms with Gasteiger partial charge in [-0.1, -0.05) is 60.7 Å². The molecule has 0 spiro atoms. The Morgan fingerprint density at radius 3 is 2.21 bits per heavy atom. The van der Waals surface area contributed by atoms with Crippen molar-refractivity contribution in [2.45, 2.75) is 31.8 Å². The first kappa shape index (κ1) is 22.6. The van der Waals surface area contributed by atoms with E-state index >= 15 is 0 Å². The second kappa shape index (κ2) is 11.3. The van der Waals surface area contributed by atoms with Crippen molar-refractivity contribution >= 4 is 23.0 Å². The van der Waals surface area contributed by atoms with Gasteiger partial charge in [-0.3, -0.25) is 4.79 Å². The maximum Gasteiger partial charge on any atom is 0.316 e. The molecule has 152 valence electrons. The van der Waals surface area contributed by atoms with Gasteiger partial charge in [0.2, 0.25) is 0 Å². The van der Waals surface area contributed by atoms with Gasteiger partial charge in [-0.2, -0.15) is 0 Å². The molecule has 2 aromatic carbocycles. The second-order valence-electron chi connectivity index (χ2n) is 7.05. The number of benzene rings is 2. The van der Waals surface area contributed by atoms with Gasteiger partial charge in [0, 0.05) is 6.54 Å². The van der Waals surface area contributed by atoms with Crippen molar-refractivity contribution < 1.29 is 14.3 Å². The summed E-state index contributed by atoms with van der Waals surface area (Å²) >= 11 is 0. The predicted octanol–water partition coefficient (Wildman–Crippen LogP) is 4.38.